The molecule has 0 fully saturated rings. The van der Waals surface area contributed by atoms with Crippen molar-refractivity contribution in [3.05, 3.63) is 34.9 Å². The summed E-state index contributed by atoms with van der Waals surface area (Å²) in [7, 11) is 0. The average molecular weight is 298 g/mol. The Hall–Kier alpha value is 0.470. The summed E-state index contributed by atoms with van der Waals surface area (Å²) in [5, 5.41) is 1.69. The Kier molecular flexibility index (Phi) is 3.90. The molecule has 0 unspecified atom stereocenters. The molecule has 1 rings (SSSR count). The van der Waals surface area contributed by atoms with Gasteiger partial charge in [-0.3, -0.25) is 0 Å². The minimum atomic E-state index is 0.375. The number of benzene rings is 1. The van der Waals surface area contributed by atoms with Crippen molar-refractivity contribution in [2.24, 2.45) is 0 Å². The fraction of sp³-hybridized carbons (Fsp3) is 0.250. The Morgan fingerprint density at radius 1 is 1.27 bits per heavy atom. The molecule has 0 aromatic heterocycles. The average Bonchev–Trinajstić information content (AvgIpc) is 2.05. The van der Waals surface area contributed by atoms with Crippen LogP contribution in [0.4, 0.5) is 0 Å². The molecule has 11 heavy (non-hydrogen) atoms. The molecule has 1 aromatic carbocycles. The summed E-state index contributed by atoms with van der Waals surface area (Å²) in [5.41, 5.74) is 1.24. The Morgan fingerprint density at radius 2 is 1.82 bits per heavy atom. The van der Waals surface area contributed by atoms with Gasteiger partial charge < -0.3 is 0 Å². The van der Waals surface area contributed by atoms with Crippen molar-refractivity contribution in [2.75, 3.05) is 5.33 Å². The summed E-state index contributed by atoms with van der Waals surface area (Å²) in [5.74, 6) is 0. The molecule has 0 aliphatic rings. The van der Waals surface area contributed by atoms with Gasteiger partial charge in [-0.1, -0.05) is 55.6 Å². The molecular formula is C8H7Br2Cl. The first kappa shape index (κ1) is 9.56. The van der Waals surface area contributed by atoms with E-state index in [0.717, 1.165) is 10.4 Å². The van der Waals surface area contributed by atoms with Gasteiger partial charge in [0.05, 0.1) is 0 Å². The summed E-state index contributed by atoms with van der Waals surface area (Å²) in [6.45, 7) is 0. The molecule has 0 aliphatic heterocycles. The van der Waals surface area contributed by atoms with Crippen molar-refractivity contribution in [3.63, 3.8) is 0 Å². The standard InChI is InChI=1S/C8H7Br2Cl/c9-5-8(10)6-1-3-7(11)4-2-6/h1-4,8H,5H2/t8-/m0/s1. The van der Waals surface area contributed by atoms with E-state index < -0.39 is 0 Å². The van der Waals surface area contributed by atoms with E-state index in [1.54, 1.807) is 0 Å². The zero-order chi connectivity index (χ0) is 8.27. The van der Waals surface area contributed by atoms with Crippen LogP contribution in [-0.4, -0.2) is 5.33 Å². The number of halogens is 3. The first-order valence-electron chi connectivity index (χ1n) is 3.19. The Morgan fingerprint density at radius 3 is 2.27 bits per heavy atom. The zero-order valence-corrected chi connectivity index (χ0v) is 9.66. The van der Waals surface area contributed by atoms with Crippen LogP contribution in [0.5, 0.6) is 0 Å². The van der Waals surface area contributed by atoms with Gasteiger partial charge in [0, 0.05) is 15.2 Å². The molecule has 0 bridgehead atoms. The fourth-order valence-corrected chi connectivity index (χ4v) is 1.57. The summed E-state index contributed by atoms with van der Waals surface area (Å²) in [6.07, 6.45) is 0. The van der Waals surface area contributed by atoms with Gasteiger partial charge in [0.1, 0.15) is 0 Å². The molecule has 0 saturated carbocycles. The first-order chi connectivity index (χ1) is 5.24. The predicted octanol–water partition coefficient (Wildman–Crippen LogP) is 4.17. The smallest absolute Gasteiger partial charge is 0.0492 e. The topological polar surface area (TPSA) is 0 Å². The maximum Gasteiger partial charge on any atom is 0.0492 e. The molecule has 0 saturated heterocycles. The van der Waals surface area contributed by atoms with E-state index in [1.807, 2.05) is 24.3 Å². The minimum Gasteiger partial charge on any atom is -0.0912 e. The molecule has 0 radical (unpaired) electrons. The summed E-state index contributed by atoms with van der Waals surface area (Å²) >= 11 is 12.6. The highest BCUT2D eigenvalue weighted by Gasteiger charge is 2.03. The third-order valence-corrected chi connectivity index (χ3v) is 3.99. The molecular weight excluding hydrogens is 291 g/mol. The van der Waals surface area contributed by atoms with Crippen LogP contribution in [-0.2, 0) is 0 Å². The highest BCUT2D eigenvalue weighted by Crippen LogP contribution is 2.25. The molecule has 0 spiro atoms. The van der Waals surface area contributed by atoms with Crippen LogP contribution >= 0.6 is 43.5 Å². The van der Waals surface area contributed by atoms with Gasteiger partial charge in [-0.05, 0) is 17.7 Å². The normalized spacial score (nSPS) is 13.0. The van der Waals surface area contributed by atoms with Gasteiger partial charge in [0.2, 0.25) is 0 Å². The van der Waals surface area contributed by atoms with E-state index in [-0.39, 0.29) is 0 Å². The van der Waals surface area contributed by atoms with Gasteiger partial charge in [-0.25, -0.2) is 0 Å². The summed E-state index contributed by atoms with van der Waals surface area (Å²) in [4.78, 5) is 0.375. The Bertz CT molecular complexity index is 220. The largest absolute Gasteiger partial charge is 0.0912 e. The van der Waals surface area contributed by atoms with Crippen LogP contribution in [0.2, 0.25) is 5.02 Å². The first-order valence-corrected chi connectivity index (χ1v) is 5.61. The molecule has 0 amide bonds. The lowest BCUT2D eigenvalue weighted by Gasteiger charge is -2.04. The second-order valence-electron chi connectivity index (χ2n) is 2.17. The molecule has 60 valence electrons. The van der Waals surface area contributed by atoms with Crippen LogP contribution in [0, 0.1) is 0 Å². The number of hydrogen-bond donors (Lipinski definition) is 0. The molecule has 0 N–H and O–H groups in total. The van der Waals surface area contributed by atoms with Crippen molar-refractivity contribution < 1.29 is 0 Å². The van der Waals surface area contributed by atoms with Gasteiger partial charge >= 0.3 is 0 Å². The lowest BCUT2D eigenvalue weighted by Crippen LogP contribution is -1.88. The monoisotopic (exact) mass is 296 g/mol. The Balaban J connectivity index is 2.81. The van der Waals surface area contributed by atoms with E-state index >= 15 is 0 Å². The van der Waals surface area contributed by atoms with Gasteiger partial charge in [0.15, 0.2) is 0 Å². The van der Waals surface area contributed by atoms with E-state index in [9.17, 15) is 0 Å². The third kappa shape index (κ3) is 2.77. The number of rotatable bonds is 2. The Labute approximate surface area is 88.2 Å². The SMILES string of the molecule is Clc1ccc([C@@H](Br)CBr)cc1. The predicted molar refractivity (Wildman–Crippen MR) is 56.9 cm³/mol. The van der Waals surface area contributed by atoms with E-state index in [2.05, 4.69) is 31.9 Å². The van der Waals surface area contributed by atoms with Gasteiger partial charge in [-0.2, -0.15) is 0 Å². The molecule has 1 aromatic rings. The van der Waals surface area contributed by atoms with E-state index in [1.165, 1.54) is 5.56 Å². The highest BCUT2D eigenvalue weighted by molar-refractivity contribution is 9.12. The van der Waals surface area contributed by atoms with Crippen molar-refractivity contribution >= 4 is 43.5 Å². The van der Waals surface area contributed by atoms with E-state index in [0.29, 0.717) is 4.83 Å². The maximum absolute atomic E-state index is 5.73. The molecule has 3 heteroatoms. The zero-order valence-electron chi connectivity index (χ0n) is 5.73. The molecule has 0 heterocycles. The second kappa shape index (κ2) is 4.48. The highest BCUT2D eigenvalue weighted by atomic mass is 79.9. The van der Waals surface area contributed by atoms with Crippen molar-refractivity contribution in [3.8, 4) is 0 Å². The van der Waals surface area contributed by atoms with Gasteiger partial charge in [0.25, 0.3) is 0 Å². The number of hydrogen-bond acceptors (Lipinski definition) is 0. The number of alkyl halides is 2. The summed E-state index contributed by atoms with van der Waals surface area (Å²) < 4.78 is 0. The van der Waals surface area contributed by atoms with Crippen LogP contribution in [0.3, 0.4) is 0 Å². The quantitative estimate of drug-likeness (QED) is 0.719. The third-order valence-electron chi connectivity index (χ3n) is 1.37. The van der Waals surface area contributed by atoms with E-state index in [4.69, 9.17) is 11.6 Å². The van der Waals surface area contributed by atoms with Crippen molar-refractivity contribution in [1.29, 1.82) is 0 Å². The van der Waals surface area contributed by atoms with Crippen molar-refractivity contribution in [2.45, 2.75) is 4.83 Å². The minimum absolute atomic E-state index is 0.375. The fourth-order valence-electron chi connectivity index (χ4n) is 0.761. The molecule has 0 nitrogen and oxygen atoms in total. The second-order valence-corrected chi connectivity index (χ2v) is 4.36. The molecule has 1 atom stereocenters. The molecule has 0 aliphatic carbocycles. The lowest BCUT2D eigenvalue weighted by atomic mass is 10.2. The summed E-state index contributed by atoms with van der Waals surface area (Å²) in [6, 6.07) is 7.83. The van der Waals surface area contributed by atoms with Crippen LogP contribution in [0.25, 0.3) is 0 Å². The maximum atomic E-state index is 5.73. The van der Waals surface area contributed by atoms with Crippen LogP contribution in [0.15, 0.2) is 24.3 Å². The van der Waals surface area contributed by atoms with Crippen LogP contribution in [0.1, 0.15) is 10.4 Å². The van der Waals surface area contributed by atoms with Crippen molar-refractivity contribution in [1.82, 2.24) is 0 Å². The van der Waals surface area contributed by atoms with Crippen LogP contribution < -0.4 is 0 Å². The lowest BCUT2D eigenvalue weighted by molar-refractivity contribution is 1.15. The van der Waals surface area contributed by atoms with Gasteiger partial charge in [-0.15, -0.1) is 0 Å².